The number of hydrogen-bond donors (Lipinski definition) is 0. The minimum atomic E-state index is -0.189. The maximum absolute atomic E-state index is 11.6. The predicted molar refractivity (Wildman–Crippen MR) is 70.8 cm³/mol. The number of nitrogens with zero attached hydrogens (tertiary/aromatic N) is 1. The zero-order valence-corrected chi connectivity index (χ0v) is 11.4. The van der Waals surface area contributed by atoms with Crippen LogP contribution in [0.25, 0.3) is 0 Å². The summed E-state index contributed by atoms with van der Waals surface area (Å²) in [6.45, 7) is 6.10. The lowest BCUT2D eigenvalue weighted by Crippen LogP contribution is -2.50. The molecule has 4 heteroatoms. The van der Waals surface area contributed by atoms with Crippen molar-refractivity contribution >= 4 is 17.9 Å². The van der Waals surface area contributed by atoms with Crippen LogP contribution in [0.3, 0.4) is 0 Å². The molecule has 94 valence electrons. The van der Waals surface area contributed by atoms with E-state index in [4.69, 9.17) is 17.4 Å². The number of benzene rings is 1. The maximum Gasteiger partial charge on any atom is 0.199 e. The van der Waals surface area contributed by atoms with Gasteiger partial charge in [-0.1, -0.05) is 0 Å². The van der Waals surface area contributed by atoms with Crippen molar-refractivity contribution in [1.29, 1.82) is 0 Å². The van der Waals surface area contributed by atoms with Crippen molar-refractivity contribution in [3.8, 4) is 5.75 Å². The quantitative estimate of drug-likeness (QED) is 0.596. The molecule has 0 aliphatic heterocycles. The summed E-state index contributed by atoms with van der Waals surface area (Å²) in [5, 5.41) is -0.189. The van der Waals surface area contributed by atoms with Crippen LogP contribution in [0.1, 0.15) is 19.4 Å². The van der Waals surface area contributed by atoms with E-state index in [1.807, 2.05) is 38.1 Å². The second kappa shape index (κ2) is 5.98. The van der Waals surface area contributed by atoms with Gasteiger partial charge in [-0.05, 0) is 38.1 Å². The Kier molecular flexibility index (Phi) is 4.90. The normalized spacial score (nSPS) is 11.2. The first-order valence-electron chi connectivity index (χ1n) is 5.78. The predicted octanol–water partition coefficient (Wildman–Crippen LogP) is 2.72. The van der Waals surface area contributed by atoms with E-state index >= 15 is 0 Å². The Morgan fingerprint density at radius 1 is 1.24 bits per heavy atom. The van der Waals surface area contributed by atoms with E-state index in [1.54, 1.807) is 7.11 Å². The van der Waals surface area contributed by atoms with E-state index in [9.17, 15) is 4.79 Å². The Bertz CT molecular complexity index is 372. The highest BCUT2D eigenvalue weighted by molar-refractivity contribution is 7.76. The van der Waals surface area contributed by atoms with Crippen molar-refractivity contribution in [3.63, 3.8) is 0 Å². The van der Waals surface area contributed by atoms with Crippen LogP contribution in [0.5, 0.6) is 5.75 Å². The molecule has 0 atom stereocenters. The highest BCUT2D eigenvalue weighted by Crippen LogP contribution is 2.18. The van der Waals surface area contributed by atoms with Gasteiger partial charge in [0.05, 0.1) is 20.2 Å². The Morgan fingerprint density at radius 2 is 1.76 bits per heavy atom. The molecule has 0 fully saturated rings. The van der Waals surface area contributed by atoms with Gasteiger partial charge in [0.2, 0.25) is 0 Å². The van der Waals surface area contributed by atoms with E-state index in [1.165, 1.54) is 0 Å². The average Bonchev–Trinajstić information content (AvgIpc) is 2.36. The van der Waals surface area contributed by atoms with E-state index in [0.717, 1.165) is 24.4 Å². The van der Waals surface area contributed by atoms with Crippen LogP contribution in [0.2, 0.25) is 0 Å². The lowest BCUT2D eigenvalue weighted by molar-refractivity contribution is -0.854. The van der Waals surface area contributed by atoms with Crippen molar-refractivity contribution in [1.82, 2.24) is 0 Å². The molecular weight excluding hydrogens is 234 g/mol. The summed E-state index contributed by atoms with van der Waals surface area (Å²) in [6, 6.07) is 7.78. The molecule has 1 amide bonds. The number of carbonyl (C=O) groups excluding carboxylic acids is 1. The lowest BCUT2D eigenvalue weighted by Gasteiger charge is -2.37. The molecule has 1 rings (SSSR count). The van der Waals surface area contributed by atoms with Crippen molar-refractivity contribution < 1.29 is 14.0 Å². The molecule has 0 heterocycles. The number of hydrogen-bond acceptors (Lipinski definition) is 3. The Labute approximate surface area is 108 Å². The van der Waals surface area contributed by atoms with Gasteiger partial charge in [-0.25, -0.2) is 0 Å². The molecule has 0 radical (unpaired) electrons. The lowest BCUT2D eigenvalue weighted by atomic mass is 10.2. The second-order valence-corrected chi connectivity index (χ2v) is 4.40. The minimum absolute atomic E-state index is 0.189. The van der Waals surface area contributed by atoms with Crippen molar-refractivity contribution in [2.45, 2.75) is 20.4 Å². The first-order valence-corrected chi connectivity index (χ1v) is 6.19. The summed E-state index contributed by atoms with van der Waals surface area (Å²) >= 11 is 4.87. The number of ether oxygens (including phenoxy) is 1. The molecule has 0 aliphatic carbocycles. The van der Waals surface area contributed by atoms with Crippen molar-refractivity contribution in [2.24, 2.45) is 0 Å². The molecule has 17 heavy (non-hydrogen) atoms. The number of amides is 1. The fraction of sp³-hybridized carbons (Fsp3) is 0.462. The Morgan fingerprint density at radius 3 is 2.12 bits per heavy atom. The third-order valence-electron chi connectivity index (χ3n) is 3.24. The van der Waals surface area contributed by atoms with Crippen LogP contribution in [-0.4, -0.2) is 29.9 Å². The van der Waals surface area contributed by atoms with Gasteiger partial charge in [0.1, 0.15) is 12.3 Å². The molecular formula is C13H19NO2S. The first kappa shape index (κ1) is 13.9. The van der Waals surface area contributed by atoms with Crippen LogP contribution in [0.4, 0.5) is 4.79 Å². The molecule has 0 aliphatic rings. The molecule has 0 saturated carbocycles. The third kappa shape index (κ3) is 3.17. The first-order chi connectivity index (χ1) is 8.07. The Hall–Kier alpha value is -1.13. The van der Waals surface area contributed by atoms with Gasteiger partial charge in [0.25, 0.3) is 0 Å². The fourth-order valence-electron chi connectivity index (χ4n) is 1.85. The van der Waals surface area contributed by atoms with Gasteiger partial charge < -0.3 is 17.4 Å². The molecule has 3 nitrogen and oxygen atoms in total. The van der Waals surface area contributed by atoms with Gasteiger partial charge >= 0.3 is 0 Å². The number of rotatable bonds is 5. The number of methoxy groups -OCH3 is 1. The number of carbonyl (C=O) groups is 1. The van der Waals surface area contributed by atoms with Gasteiger partial charge in [0, 0.05) is 5.56 Å². The highest BCUT2D eigenvalue weighted by Gasteiger charge is 2.25. The van der Waals surface area contributed by atoms with Crippen LogP contribution in [0, 0.1) is 0 Å². The topological polar surface area (TPSA) is 26.3 Å². The molecule has 1 aromatic rings. The highest BCUT2D eigenvalue weighted by atomic mass is 32.1. The fourth-order valence-corrected chi connectivity index (χ4v) is 2.17. The summed E-state index contributed by atoms with van der Waals surface area (Å²) in [7, 11) is 1.64. The van der Waals surface area contributed by atoms with E-state index in [0.29, 0.717) is 11.0 Å². The summed E-state index contributed by atoms with van der Waals surface area (Å²) in [6.07, 6.45) is 0. The van der Waals surface area contributed by atoms with E-state index < -0.39 is 0 Å². The van der Waals surface area contributed by atoms with Gasteiger partial charge in [-0.15, -0.1) is 0 Å². The van der Waals surface area contributed by atoms with Crippen molar-refractivity contribution in [3.05, 3.63) is 29.8 Å². The van der Waals surface area contributed by atoms with E-state index in [-0.39, 0.29) is 5.24 Å². The Balaban J connectivity index is 2.89. The van der Waals surface area contributed by atoms with Gasteiger partial charge in [-0.2, -0.15) is 0 Å². The SMILES string of the molecule is CC[N+](CC)(Cc1ccc(OC)cc1)C(=O)[S-]. The van der Waals surface area contributed by atoms with Crippen molar-refractivity contribution in [2.75, 3.05) is 20.2 Å². The smallest absolute Gasteiger partial charge is 0.199 e. The van der Waals surface area contributed by atoms with Gasteiger partial charge in [-0.3, -0.25) is 9.28 Å². The zero-order valence-electron chi connectivity index (χ0n) is 10.6. The third-order valence-corrected chi connectivity index (χ3v) is 3.63. The maximum atomic E-state index is 11.6. The molecule has 0 bridgehead atoms. The summed E-state index contributed by atoms with van der Waals surface area (Å²) < 4.78 is 5.43. The van der Waals surface area contributed by atoms with E-state index in [2.05, 4.69) is 0 Å². The summed E-state index contributed by atoms with van der Waals surface area (Å²) in [5.74, 6) is 0.824. The zero-order chi connectivity index (χ0) is 12.9. The monoisotopic (exact) mass is 253 g/mol. The molecule has 0 N–H and O–H groups in total. The average molecular weight is 253 g/mol. The molecule has 0 spiro atoms. The van der Waals surface area contributed by atoms with Crippen LogP contribution >= 0.6 is 0 Å². The molecule has 1 aromatic carbocycles. The molecule has 0 aromatic heterocycles. The minimum Gasteiger partial charge on any atom is -0.675 e. The largest absolute Gasteiger partial charge is 0.675 e. The van der Waals surface area contributed by atoms with Gasteiger partial charge in [0.15, 0.2) is 5.24 Å². The van der Waals surface area contributed by atoms with Crippen LogP contribution in [-0.2, 0) is 19.2 Å². The second-order valence-electron chi connectivity index (χ2n) is 4.05. The van der Waals surface area contributed by atoms with Crippen LogP contribution in [0.15, 0.2) is 24.3 Å². The molecule has 0 saturated heterocycles. The standard InChI is InChI=1S/C13H19NO2S/c1-4-14(5-2,13(15)17)10-11-6-8-12(16-3)9-7-11/h6-9H,4-5,10H2,1-3H3. The summed E-state index contributed by atoms with van der Waals surface area (Å²) in [5.41, 5.74) is 1.10. The summed E-state index contributed by atoms with van der Waals surface area (Å²) in [4.78, 5) is 11.6. The molecule has 0 unspecified atom stereocenters. The number of quaternary nitrogens is 1. The van der Waals surface area contributed by atoms with Crippen LogP contribution < -0.4 is 4.74 Å².